The number of aryl methyl sites for hydroxylation is 1. The first-order chi connectivity index (χ1) is 12.3. The van der Waals surface area contributed by atoms with Crippen LogP contribution in [-0.4, -0.2) is 36.7 Å². The van der Waals surface area contributed by atoms with Crippen molar-refractivity contribution in [1.82, 2.24) is 14.9 Å². The molecular weight excluding hydrogens is 356 g/mol. The van der Waals surface area contributed by atoms with Gasteiger partial charge in [-0.15, -0.1) is 0 Å². The molecule has 0 radical (unpaired) electrons. The molecule has 0 atom stereocenters. The van der Waals surface area contributed by atoms with E-state index in [-0.39, 0.29) is 5.75 Å². The Bertz CT molecular complexity index is 1010. The van der Waals surface area contributed by atoms with Crippen LogP contribution in [0.3, 0.4) is 0 Å². The van der Waals surface area contributed by atoms with Crippen LogP contribution in [0.5, 0.6) is 5.75 Å². The molecular formula is C17H20N4O4S. The van der Waals surface area contributed by atoms with Crippen molar-refractivity contribution >= 4 is 15.5 Å². The summed E-state index contributed by atoms with van der Waals surface area (Å²) in [5.41, 5.74) is 2.94. The molecule has 1 aromatic carbocycles. The molecule has 1 N–H and O–H groups in total. The molecule has 2 heterocycles. The number of sulfone groups is 1. The number of benzene rings is 1. The second-order valence-electron chi connectivity index (χ2n) is 6.04. The van der Waals surface area contributed by atoms with Crippen LogP contribution >= 0.6 is 0 Å². The largest absolute Gasteiger partial charge is 0.495 e. The molecule has 0 saturated heterocycles. The molecule has 9 heteroatoms. The SMILES string of the molecule is COc1ccc(CS(C)(=O)=O)cc1NCc1cc(-c2cnn(C)c2)no1. The van der Waals surface area contributed by atoms with Gasteiger partial charge in [-0.05, 0) is 17.7 Å². The van der Waals surface area contributed by atoms with E-state index >= 15 is 0 Å². The van der Waals surface area contributed by atoms with Crippen molar-refractivity contribution in [1.29, 1.82) is 0 Å². The Morgan fingerprint density at radius 1 is 1.31 bits per heavy atom. The summed E-state index contributed by atoms with van der Waals surface area (Å²) in [6, 6.07) is 7.07. The first-order valence-corrected chi connectivity index (χ1v) is 9.93. The van der Waals surface area contributed by atoms with E-state index < -0.39 is 9.84 Å². The Hall–Kier alpha value is -2.81. The summed E-state index contributed by atoms with van der Waals surface area (Å²) >= 11 is 0. The molecule has 0 amide bonds. The molecule has 0 bridgehead atoms. The third-order valence-corrected chi connectivity index (χ3v) is 4.56. The first kappa shape index (κ1) is 18.0. The predicted molar refractivity (Wildman–Crippen MR) is 97.6 cm³/mol. The minimum Gasteiger partial charge on any atom is -0.495 e. The number of anilines is 1. The molecule has 26 heavy (non-hydrogen) atoms. The molecule has 8 nitrogen and oxygen atoms in total. The van der Waals surface area contributed by atoms with Gasteiger partial charge in [0.25, 0.3) is 0 Å². The summed E-state index contributed by atoms with van der Waals surface area (Å²) < 4.78 is 35.4. The van der Waals surface area contributed by atoms with Crippen LogP contribution in [0.4, 0.5) is 5.69 Å². The van der Waals surface area contributed by atoms with Gasteiger partial charge in [-0.3, -0.25) is 4.68 Å². The van der Waals surface area contributed by atoms with Crippen molar-refractivity contribution in [3.05, 3.63) is 48.0 Å². The van der Waals surface area contributed by atoms with Crippen molar-refractivity contribution in [3.63, 3.8) is 0 Å². The van der Waals surface area contributed by atoms with Crippen LogP contribution in [0.25, 0.3) is 11.3 Å². The number of ether oxygens (including phenoxy) is 1. The average molecular weight is 376 g/mol. The normalized spacial score (nSPS) is 11.5. The lowest BCUT2D eigenvalue weighted by molar-refractivity contribution is 0.389. The number of nitrogens with zero attached hydrogens (tertiary/aromatic N) is 3. The van der Waals surface area contributed by atoms with E-state index in [1.54, 1.807) is 36.2 Å². The molecule has 3 aromatic rings. The zero-order valence-corrected chi connectivity index (χ0v) is 15.6. The maximum absolute atomic E-state index is 11.5. The van der Waals surface area contributed by atoms with Gasteiger partial charge >= 0.3 is 0 Å². The maximum Gasteiger partial charge on any atom is 0.156 e. The Kier molecular flexibility index (Phi) is 4.99. The second kappa shape index (κ2) is 7.20. The standard InChI is InChI=1S/C17H20N4O4S/c1-21-10-13(8-19-21)15-7-14(25-20-15)9-18-16-6-12(11-26(3,22)23)4-5-17(16)24-2/h4-8,10,18H,9,11H2,1-3H3. The molecule has 0 spiro atoms. The third kappa shape index (κ3) is 4.42. The average Bonchev–Trinajstić information content (AvgIpc) is 3.20. The summed E-state index contributed by atoms with van der Waals surface area (Å²) in [5.74, 6) is 1.23. The van der Waals surface area contributed by atoms with Gasteiger partial charge in [-0.1, -0.05) is 11.2 Å². The van der Waals surface area contributed by atoms with Gasteiger partial charge in [0, 0.05) is 31.1 Å². The summed E-state index contributed by atoms with van der Waals surface area (Å²) in [6.07, 6.45) is 4.78. The quantitative estimate of drug-likeness (QED) is 0.675. The van der Waals surface area contributed by atoms with Crippen molar-refractivity contribution < 1.29 is 17.7 Å². The minimum atomic E-state index is -3.11. The van der Waals surface area contributed by atoms with E-state index in [1.807, 2.05) is 19.3 Å². The highest BCUT2D eigenvalue weighted by molar-refractivity contribution is 7.89. The van der Waals surface area contributed by atoms with Gasteiger partial charge in [0.1, 0.15) is 11.4 Å². The smallest absolute Gasteiger partial charge is 0.156 e. The van der Waals surface area contributed by atoms with Crippen LogP contribution in [0.15, 0.2) is 41.2 Å². The van der Waals surface area contributed by atoms with Crippen LogP contribution in [-0.2, 0) is 29.2 Å². The topological polar surface area (TPSA) is 99.2 Å². The van der Waals surface area contributed by atoms with Gasteiger partial charge in [0.15, 0.2) is 15.6 Å². The molecule has 0 aliphatic heterocycles. The van der Waals surface area contributed by atoms with Crippen molar-refractivity contribution in [2.75, 3.05) is 18.7 Å². The summed E-state index contributed by atoms with van der Waals surface area (Å²) in [6.45, 7) is 0.381. The second-order valence-corrected chi connectivity index (χ2v) is 8.18. The van der Waals surface area contributed by atoms with E-state index in [9.17, 15) is 8.42 Å². The fraction of sp³-hybridized carbons (Fsp3) is 0.294. The highest BCUT2D eigenvalue weighted by Crippen LogP contribution is 2.27. The Balaban J connectivity index is 1.74. The molecule has 2 aromatic heterocycles. The Morgan fingerprint density at radius 2 is 2.12 bits per heavy atom. The van der Waals surface area contributed by atoms with E-state index in [1.165, 1.54) is 6.26 Å². The lowest BCUT2D eigenvalue weighted by atomic mass is 10.2. The van der Waals surface area contributed by atoms with Gasteiger partial charge < -0.3 is 14.6 Å². The lowest BCUT2D eigenvalue weighted by Gasteiger charge is -2.11. The van der Waals surface area contributed by atoms with Gasteiger partial charge in [-0.25, -0.2) is 8.42 Å². The number of aromatic nitrogens is 3. The molecule has 0 saturated carbocycles. The Morgan fingerprint density at radius 3 is 2.77 bits per heavy atom. The number of nitrogens with one attached hydrogen (secondary N) is 1. The minimum absolute atomic E-state index is 0.0286. The van der Waals surface area contributed by atoms with Gasteiger partial charge in [0.2, 0.25) is 0 Å². The van der Waals surface area contributed by atoms with E-state index in [0.29, 0.717) is 35.0 Å². The fourth-order valence-electron chi connectivity index (χ4n) is 2.55. The van der Waals surface area contributed by atoms with Crippen LogP contribution < -0.4 is 10.1 Å². The molecule has 0 aliphatic rings. The molecule has 0 unspecified atom stereocenters. The van der Waals surface area contributed by atoms with Crippen LogP contribution in [0.1, 0.15) is 11.3 Å². The number of hydrogen-bond acceptors (Lipinski definition) is 7. The molecule has 0 aliphatic carbocycles. The van der Waals surface area contributed by atoms with Crippen LogP contribution in [0.2, 0.25) is 0 Å². The van der Waals surface area contributed by atoms with Crippen LogP contribution in [0, 0.1) is 0 Å². The van der Waals surface area contributed by atoms with E-state index in [2.05, 4.69) is 15.6 Å². The third-order valence-electron chi connectivity index (χ3n) is 3.71. The summed E-state index contributed by atoms with van der Waals surface area (Å²) in [4.78, 5) is 0. The zero-order chi connectivity index (χ0) is 18.7. The van der Waals surface area contributed by atoms with Gasteiger partial charge in [-0.2, -0.15) is 5.10 Å². The summed E-state index contributed by atoms with van der Waals surface area (Å²) in [7, 11) is 0.285. The van der Waals surface area contributed by atoms with Crippen molar-refractivity contribution in [2.45, 2.75) is 12.3 Å². The monoisotopic (exact) mass is 376 g/mol. The number of hydrogen-bond donors (Lipinski definition) is 1. The number of methoxy groups -OCH3 is 1. The lowest BCUT2D eigenvalue weighted by Crippen LogP contribution is -2.04. The van der Waals surface area contributed by atoms with E-state index in [4.69, 9.17) is 9.26 Å². The number of rotatable bonds is 7. The molecule has 0 fully saturated rings. The molecule has 3 rings (SSSR count). The predicted octanol–water partition coefficient (Wildman–Crippen LogP) is 2.24. The van der Waals surface area contributed by atoms with E-state index in [0.717, 1.165) is 5.56 Å². The van der Waals surface area contributed by atoms with Crippen molar-refractivity contribution in [3.8, 4) is 17.0 Å². The summed E-state index contributed by atoms with van der Waals surface area (Å²) in [5, 5.41) is 11.4. The first-order valence-electron chi connectivity index (χ1n) is 7.87. The highest BCUT2D eigenvalue weighted by Gasteiger charge is 2.11. The fourth-order valence-corrected chi connectivity index (χ4v) is 3.34. The Labute approximate surface area is 151 Å². The van der Waals surface area contributed by atoms with Crippen molar-refractivity contribution in [2.24, 2.45) is 7.05 Å². The van der Waals surface area contributed by atoms with Gasteiger partial charge in [0.05, 0.1) is 31.3 Å². The zero-order valence-electron chi connectivity index (χ0n) is 14.8. The highest BCUT2D eigenvalue weighted by atomic mass is 32.2. The maximum atomic E-state index is 11.5. The molecule has 138 valence electrons.